The van der Waals surface area contributed by atoms with E-state index in [-0.39, 0.29) is 17.9 Å². The monoisotopic (exact) mass is 359 g/mol. The maximum absolute atomic E-state index is 13.7. The zero-order valence-electron chi connectivity index (χ0n) is 12.0. The fourth-order valence-corrected chi connectivity index (χ4v) is 2.47. The molecule has 0 spiro atoms. The van der Waals surface area contributed by atoms with E-state index in [0.29, 0.717) is 30.6 Å². The van der Waals surface area contributed by atoms with E-state index in [9.17, 15) is 9.18 Å². The van der Waals surface area contributed by atoms with Crippen LogP contribution in [0, 0.1) is 5.82 Å². The number of benzene rings is 1. The molecule has 1 unspecified atom stereocenters. The van der Waals surface area contributed by atoms with Crippen molar-refractivity contribution in [2.24, 2.45) is 0 Å². The van der Waals surface area contributed by atoms with Crippen molar-refractivity contribution in [3.05, 3.63) is 28.5 Å². The first kappa shape index (κ1) is 16.1. The van der Waals surface area contributed by atoms with Gasteiger partial charge in [-0.25, -0.2) is 9.18 Å². The number of ether oxygens (including phenoxy) is 2. The van der Waals surface area contributed by atoms with Crippen molar-refractivity contribution in [2.75, 3.05) is 19.7 Å². The largest absolute Gasteiger partial charge is 0.485 e. The van der Waals surface area contributed by atoms with E-state index in [1.165, 1.54) is 6.07 Å². The summed E-state index contributed by atoms with van der Waals surface area (Å²) >= 11 is 3.20. The van der Waals surface area contributed by atoms with Crippen LogP contribution in [0.15, 0.2) is 22.7 Å². The summed E-state index contributed by atoms with van der Waals surface area (Å²) in [7, 11) is 0. The van der Waals surface area contributed by atoms with Crippen LogP contribution in [-0.4, -0.2) is 36.8 Å². The van der Waals surface area contributed by atoms with Crippen LogP contribution in [0.1, 0.15) is 26.2 Å². The van der Waals surface area contributed by atoms with Gasteiger partial charge in [-0.2, -0.15) is 0 Å². The average molecular weight is 360 g/mol. The van der Waals surface area contributed by atoms with Crippen LogP contribution in [-0.2, 0) is 4.74 Å². The lowest BCUT2D eigenvalue weighted by Crippen LogP contribution is -2.31. The zero-order valence-corrected chi connectivity index (χ0v) is 13.6. The number of hydrogen-bond donors (Lipinski definition) is 0. The second kappa shape index (κ2) is 7.64. The Balaban J connectivity index is 1.83. The van der Waals surface area contributed by atoms with E-state index in [0.717, 1.165) is 12.8 Å². The molecule has 1 aliphatic heterocycles. The highest BCUT2D eigenvalue weighted by Crippen LogP contribution is 2.24. The second-order valence-corrected chi connectivity index (χ2v) is 5.93. The third-order valence-electron chi connectivity index (χ3n) is 3.31. The molecule has 1 aliphatic rings. The molecule has 1 fully saturated rings. The van der Waals surface area contributed by atoms with Crippen LogP contribution in [0.3, 0.4) is 0 Å². The Hall–Kier alpha value is -1.30. The van der Waals surface area contributed by atoms with Crippen LogP contribution in [0.4, 0.5) is 9.18 Å². The van der Waals surface area contributed by atoms with E-state index >= 15 is 0 Å². The summed E-state index contributed by atoms with van der Waals surface area (Å²) in [5.74, 6) is -0.197. The van der Waals surface area contributed by atoms with Gasteiger partial charge in [0.25, 0.3) is 0 Å². The van der Waals surface area contributed by atoms with Gasteiger partial charge in [0, 0.05) is 17.4 Å². The maximum Gasteiger partial charge on any atom is 0.409 e. The molecule has 1 aromatic rings. The first-order valence-electron chi connectivity index (χ1n) is 7.13. The predicted octanol–water partition coefficient (Wildman–Crippen LogP) is 3.98. The van der Waals surface area contributed by atoms with Crippen molar-refractivity contribution >= 4 is 22.0 Å². The van der Waals surface area contributed by atoms with Gasteiger partial charge >= 0.3 is 6.09 Å². The molecule has 0 N–H and O–H groups in total. The van der Waals surface area contributed by atoms with Crippen molar-refractivity contribution in [1.29, 1.82) is 0 Å². The Bertz CT molecular complexity index is 498. The van der Waals surface area contributed by atoms with E-state index in [1.54, 1.807) is 17.0 Å². The van der Waals surface area contributed by atoms with Gasteiger partial charge in [0.15, 0.2) is 11.6 Å². The lowest BCUT2D eigenvalue weighted by atomic mass is 10.3. The van der Waals surface area contributed by atoms with E-state index in [4.69, 9.17) is 9.47 Å². The smallest absolute Gasteiger partial charge is 0.409 e. The Kier molecular flexibility index (Phi) is 5.85. The molecule has 0 radical (unpaired) electrons. The molecule has 21 heavy (non-hydrogen) atoms. The Morgan fingerprint density at radius 1 is 1.52 bits per heavy atom. The molecule has 0 saturated carbocycles. The van der Waals surface area contributed by atoms with Crippen molar-refractivity contribution in [3.8, 4) is 5.75 Å². The number of unbranched alkanes of at least 4 members (excludes halogenated alkanes) is 1. The second-order valence-electron chi connectivity index (χ2n) is 5.02. The van der Waals surface area contributed by atoms with Gasteiger partial charge in [0.05, 0.1) is 13.2 Å². The summed E-state index contributed by atoms with van der Waals surface area (Å²) in [6.07, 6.45) is 2.02. The number of carbonyl (C=O) groups is 1. The Morgan fingerprint density at radius 3 is 3.05 bits per heavy atom. The number of carbonyl (C=O) groups excluding carboxylic acids is 1. The number of halogens is 2. The first-order chi connectivity index (χ1) is 10.1. The fraction of sp³-hybridized carbons (Fsp3) is 0.533. The third-order valence-corrected chi connectivity index (χ3v) is 3.81. The highest BCUT2D eigenvalue weighted by atomic mass is 79.9. The number of amides is 1. The summed E-state index contributed by atoms with van der Waals surface area (Å²) in [6.45, 7) is 3.49. The molecular weight excluding hydrogens is 341 g/mol. The third kappa shape index (κ3) is 4.59. The highest BCUT2D eigenvalue weighted by Gasteiger charge is 2.29. The molecule has 1 aromatic carbocycles. The topological polar surface area (TPSA) is 38.8 Å². The molecule has 1 amide bonds. The van der Waals surface area contributed by atoms with Crippen molar-refractivity contribution in [3.63, 3.8) is 0 Å². The number of hydrogen-bond acceptors (Lipinski definition) is 3. The SMILES string of the molecule is CCCCOC(=O)N1CCC(Oc2ccc(Br)cc2F)C1. The fourth-order valence-electron chi connectivity index (χ4n) is 2.14. The summed E-state index contributed by atoms with van der Waals surface area (Å²) < 4.78 is 25.1. The minimum absolute atomic E-state index is 0.195. The van der Waals surface area contributed by atoms with Crippen LogP contribution in [0.25, 0.3) is 0 Å². The molecule has 2 rings (SSSR count). The summed E-state index contributed by atoms with van der Waals surface area (Å²) in [5, 5.41) is 0. The lowest BCUT2D eigenvalue weighted by molar-refractivity contribution is 0.103. The molecule has 0 aliphatic carbocycles. The maximum atomic E-state index is 13.7. The molecule has 4 nitrogen and oxygen atoms in total. The standard InChI is InChI=1S/C15H19BrFNO3/c1-2-3-8-20-15(19)18-7-6-12(10-18)21-14-5-4-11(16)9-13(14)17/h4-5,9,12H,2-3,6-8,10H2,1H3. The lowest BCUT2D eigenvalue weighted by Gasteiger charge is -2.17. The van der Waals surface area contributed by atoms with Crippen LogP contribution >= 0.6 is 15.9 Å². The number of nitrogens with zero attached hydrogens (tertiary/aromatic N) is 1. The average Bonchev–Trinajstić information content (AvgIpc) is 2.91. The van der Waals surface area contributed by atoms with Crippen molar-refractivity contribution in [2.45, 2.75) is 32.3 Å². The summed E-state index contributed by atoms with van der Waals surface area (Å²) in [5.41, 5.74) is 0. The molecule has 1 atom stereocenters. The molecule has 116 valence electrons. The van der Waals surface area contributed by atoms with Gasteiger partial charge in [-0.3, -0.25) is 0 Å². The summed E-state index contributed by atoms with van der Waals surface area (Å²) in [6, 6.07) is 4.67. The molecule has 1 saturated heterocycles. The van der Waals surface area contributed by atoms with Gasteiger partial charge in [-0.05, 0) is 24.6 Å². The van der Waals surface area contributed by atoms with E-state index < -0.39 is 5.82 Å². The molecule has 0 bridgehead atoms. The van der Waals surface area contributed by atoms with Gasteiger partial charge in [-0.1, -0.05) is 29.3 Å². The highest BCUT2D eigenvalue weighted by molar-refractivity contribution is 9.10. The minimum Gasteiger partial charge on any atom is -0.485 e. The van der Waals surface area contributed by atoms with E-state index in [2.05, 4.69) is 15.9 Å². The van der Waals surface area contributed by atoms with E-state index in [1.807, 2.05) is 6.92 Å². The van der Waals surface area contributed by atoms with Crippen LogP contribution in [0.2, 0.25) is 0 Å². The van der Waals surface area contributed by atoms with Crippen LogP contribution in [0.5, 0.6) is 5.75 Å². The van der Waals surface area contributed by atoms with Gasteiger partial charge < -0.3 is 14.4 Å². The molecule has 1 heterocycles. The van der Waals surface area contributed by atoms with Gasteiger partial charge in [0.2, 0.25) is 0 Å². The molecular formula is C15H19BrFNO3. The normalized spacial score (nSPS) is 17.9. The Labute approximate surface area is 132 Å². The number of rotatable bonds is 5. The first-order valence-corrected chi connectivity index (χ1v) is 7.93. The van der Waals surface area contributed by atoms with Gasteiger partial charge in [-0.15, -0.1) is 0 Å². The van der Waals surface area contributed by atoms with Crippen molar-refractivity contribution < 1.29 is 18.7 Å². The van der Waals surface area contributed by atoms with Crippen LogP contribution < -0.4 is 4.74 Å². The number of likely N-dealkylation sites (tertiary alicyclic amines) is 1. The predicted molar refractivity (Wildman–Crippen MR) is 81.0 cm³/mol. The van der Waals surface area contributed by atoms with Gasteiger partial charge in [0.1, 0.15) is 6.10 Å². The molecule has 0 aromatic heterocycles. The minimum atomic E-state index is -0.409. The zero-order chi connectivity index (χ0) is 15.2. The Morgan fingerprint density at radius 2 is 2.33 bits per heavy atom. The van der Waals surface area contributed by atoms with Crippen molar-refractivity contribution in [1.82, 2.24) is 4.90 Å². The summed E-state index contributed by atoms with van der Waals surface area (Å²) in [4.78, 5) is 13.4. The quantitative estimate of drug-likeness (QED) is 0.746. The molecule has 6 heteroatoms.